The van der Waals surface area contributed by atoms with Gasteiger partial charge in [-0.3, -0.25) is 14.2 Å². The number of aryl methyl sites for hydroxylation is 1. The molecule has 1 aromatic heterocycles. The lowest BCUT2D eigenvalue weighted by Crippen LogP contribution is -2.33. The van der Waals surface area contributed by atoms with Crippen LogP contribution in [0.15, 0.2) is 57.7 Å². The fourth-order valence-corrected chi connectivity index (χ4v) is 2.60. The lowest BCUT2D eigenvalue weighted by atomic mass is 10.2. The molecule has 0 spiro atoms. The van der Waals surface area contributed by atoms with Crippen LogP contribution in [0.2, 0.25) is 0 Å². The zero-order chi connectivity index (χ0) is 19.9. The van der Waals surface area contributed by atoms with Gasteiger partial charge in [-0.25, -0.2) is 4.79 Å². The summed E-state index contributed by atoms with van der Waals surface area (Å²) in [5, 5.41) is 2.59. The van der Waals surface area contributed by atoms with Crippen LogP contribution in [0.25, 0.3) is 11.1 Å². The summed E-state index contributed by atoms with van der Waals surface area (Å²) < 4.78 is 16.6. The van der Waals surface area contributed by atoms with Crippen molar-refractivity contribution in [1.29, 1.82) is 0 Å². The van der Waals surface area contributed by atoms with Gasteiger partial charge in [0.05, 0.1) is 12.1 Å². The molecule has 0 unspecified atom stereocenters. The molecule has 28 heavy (non-hydrogen) atoms. The summed E-state index contributed by atoms with van der Waals surface area (Å²) in [7, 11) is 0. The van der Waals surface area contributed by atoms with Crippen LogP contribution in [-0.2, 0) is 20.9 Å². The summed E-state index contributed by atoms with van der Waals surface area (Å²) >= 11 is 0. The summed E-state index contributed by atoms with van der Waals surface area (Å²) in [6.07, 6.45) is 0. The Morgan fingerprint density at radius 1 is 1.14 bits per heavy atom. The van der Waals surface area contributed by atoms with Crippen LogP contribution >= 0.6 is 0 Å². The number of hydrogen-bond donors (Lipinski definition) is 1. The number of aromatic nitrogens is 1. The highest BCUT2D eigenvalue weighted by Crippen LogP contribution is 2.12. The maximum atomic E-state index is 11.9. The molecule has 1 N–H and O–H groups in total. The Kier molecular flexibility index (Phi) is 6.11. The first-order chi connectivity index (χ1) is 13.5. The number of ether oxygens (including phenoxy) is 2. The lowest BCUT2D eigenvalue weighted by molar-refractivity contribution is -0.149. The van der Waals surface area contributed by atoms with Crippen molar-refractivity contribution in [2.75, 3.05) is 19.8 Å². The van der Waals surface area contributed by atoms with E-state index in [1.807, 2.05) is 31.2 Å². The van der Waals surface area contributed by atoms with E-state index < -0.39 is 24.2 Å². The largest absolute Gasteiger partial charge is 0.492 e. The Labute approximate surface area is 160 Å². The van der Waals surface area contributed by atoms with E-state index >= 15 is 0 Å². The number of carbonyl (C=O) groups is 2. The third kappa shape index (κ3) is 5.00. The zero-order valence-corrected chi connectivity index (χ0v) is 15.3. The van der Waals surface area contributed by atoms with Gasteiger partial charge in [0.15, 0.2) is 12.2 Å². The van der Waals surface area contributed by atoms with E-state index in [4.69, 9.17) is 13.9 Å². The quantitative estimate of drug-likeness (QED) is 0.468. The number of nitrogens with one attached hydrogen (secondary N) is 1. The van der Waals surface area contributed by atoms with Crippen molar-refractivity contribution in [2.24, 2.45) is 0 Å². The van der Waals surface area contributed by atoms with Crippen molar-refractivity contribution < 1.29 is 23.5 Å². The molecule has 146 valence electrons. The number of hydrogen-bond acceptors (Lipinski definition) is 6. The number of oxazole rings is 1. The predicted octanol–water partition coefficient (Wildman–Crippen LogP) is 1.64. The van der Waals surface area contributed by atoms with E-state index in [-0.39, 0.29) is 13.1 Å². The van der Waals surface area contributed by atoms with Crippen molar-refractivity contribution in [2.45, 2.75) is 13.5 Å². The molecule has 0 atom stereocenters. The summed E-state index contributed by atoms with van der Waals surface area (Å²) in [6.45, 7) is 1.76. The first-order valence-corrected chi connectivity index (χ1v) is 8.73. The molecule has 0 saturated carbocycles. The number of amides is 1. The molecular formula is C20H20N2O6. The van der Waals surface area contributed by atoms with Gasteiger partial charge in [-0.15, -0.1) is 0 Å². The molecule has 0 radical (unpaired) electrons. The van der Waals surface area contributed by atoms with Crippen LogP contribution in [0, 0.1) is 6.92 Å². The molecule has 0 bridgehead atoms. The van der Waals surface area contributed by atoms with Gasteiger partial charge in [0, 0.05) is 0 Å². The van der Waals surface area contributed by atoms with E-state index in [1.165, 1.54) is 0 Å². The molecule has 0 fully saturated rings. The minimum atomic E-state index is -0.709. The van der Waals surface area contributed by atoms with Crippen LogP contribution in [0.1, 0.15) is 5.56 Å². The van der Waals surface area contributed by atoms with Crippen LogP contribution in [0.5, 0.6) is 5.75 Å². The predicted molar refractivity (Wildman–Crippen MR) is 101 cm³/mol. The Balaban J connectivity index is 1.40. The van der Waals surface area contributed by atoms with Crippen LogP contribution in [0.3, 0.4) is 0 Å². The summed E-state index contributed by atoms with van der Waals surface area (Å²) in [4.78, 5) is 35.5. The lowest BCUT2D eigenvalue weighted by Gasteiger charge is -2.09. The van der Waals surface area contributed by atoms with Crippen molar-refractivity contribution >= 4 is 23.0 Å². The van der Waals surface area contributed by atoms with E-state index in [9.17, 15) is 14.4 Å². The number of fused-ring (bicyclic) bond motifs is 1. The van der Waals surface area contributed by atoms with Gasteiger partial charge >= 0.3 is 11.7 Å². The third-order valence-corrected chi connectivity index (χ3v) is 3.91. The maximum Gasteiger partial charge on any atom is 0.420 e. The fraction of sp³-hybridized carbons (Fsp3) is 0.250. The Bertz CT molecular complexity index is 1040. The van der Waals surface area contributed by atoms with Crippen molar-refractivity contribution in [3.05, 3.63) is 64.6 Å². The molecule has 8 nitrogen and oxygen atoms in total. The van der Waals surface area contributed by atoms with Gasteiger partial charge in [-0.1, -0.05) is 24.3 Å². The molecule has 2 aromatic carbocycles. The summed E-state index contributed by atoms with van der Waals surface area (Å²) in [5.41, 5.74) is 1.95. The van der Waals surface area contributed by atoms with E-state index in [0.29, 0.717) is 17.7 Å². The molecule has 3 rings (SSSR count). The normalized spacial score (nSPS) is 10.6. The van der Waals surface area contributed by atoms with E-state index in [1.54, 1.807) is 24.3 Å². The second-order valence-corrected chi connectivity index (χ2v) is 6.10. The van der Waals surface area contributed by atoms with Gasteiger partial charge in [0.1, 0.15) is 18.9 Å². The Hall–Kier alpha value is -3.55. The molecular weight excluding hydrogens is 364 g/mol. The number of carbonyl (C=O) groups excluding carboxylic acids is 2. The van der Waals surface area contributed by atoms with Crippen molar-refractivity contribution in [3.8, 4) is 5.75 Å². The van der Waals surface area contributed by atoms with Gasteiger partial charge < -0.3 is 19.2 Å². The zero-order valence-electron chi connectivity index (χ0n) is 15.3. The number of esters is 1. The minimum absolute atomic E-state index is 0.274. The van der Waals surface area contributed by atoms with Crippen LogP contribution in [-0.4, -0.2) is 36.2 Å². The number of nitrogens with zero attached hydrogens (tertiary/aromatic N) is 1. The molecule has 0 aliphatic rings. The molecule has 0 aliphatic heterocycles. The average Bonchev–Trinajstić information content (AvgIpc) is 2.99. The second kappa shape index (κ2) is 8.90. The van der Waals surface area contributed by atoms with E-state index in [0.717, 1.165) is 15.9 Å². The third-order valence-electron chi connectivity index (χ3n) is 3.91. The number of benzene rings is 2. The molecule has 1 amide bonds. The van der Waals surface area contributed by atoms with Gasteiger partial charge in [-0.05, 0) is 36.8 Å². The maximum absolute atomic E-state index is 11.9. The number of para-hydroxylation sites is 2. The average molecular weight is 384 g/mol. The smallest absolute Gasteiger partial charge is 0.420 e. The van der Waals surface area contributed by atoms with Crippen LogP contribution < -0.4 is 15.8 Å². The highest BCUT2D eigenvalue weighted by molar-refractivity contribution is 5.81. The molecule has 0 aliphatic carbocycles. The minimum Gasteiger partial charge on any atom is -0.492 e. The first kappa shape index (κ1) is 19.2. The monoisotopic (exact) mass is 384 g/mol. The first-order valence-electron chi connectivity index (χ1n) is 8.73. The highest BCUT2D eigenvalue weighted by Gasteiger charge is 2.14. The van der Waals surface area contributed by atoms with Gasteiger partial charge in [0.2, 0.25) is 0 Å². The van der Waals surface area contributed by atoms with Crippen molar-refractivity contribution in [1.82, 2.24) is 9.88 Å². The summed E-state index contributed by atoms with van der Waals surface area (Å²) in [6, 6.07) is 14.3. The molecule has 8 heteroatoms. The van der Waals surface area contributed by atoms with Crippen LogP contribution in [0.4, 0.5) is 0 Å². The number of rotatable bonds is 8. The van der Waals surface area contributed by atoms with Gasteiger partial charge in [0.25, 0.3) is 5.91 Å². The Morgan fingerprint density at radius 3 is 2.79 bits per heavy atom. The summed E-state index contributed by atoms with van der Waals surface area (Å²) in [5.74, 6) is -1.10. The second-order valence-electron chi connectivity index (χ2n) is 6.10. The SMILES string of the molecule is Cc1cccc(OCCNC(=O)COC(=O)Cn2c(=O)oc3ccccc32)c1. The topological polar surface area (TPSA) is 99.8 Å². The van der Waals surface area contributed by atoms with E-state index in [2.05, 4.69) is 5.32 Å². The van der Waals surface area contributed by atoms with Gasteiger partial charge in [-0.2, -0.15) is 0 Å². The molecule has 0 saturated heterocycles. The fourth-order valence-electron chi connectivity index (χ4n) is 2.60. The Morgan fingerprint density at radius 2 is 1.96 bits per heavy atom. The van der Waals surface area contributed by atoms with Crippen molar-refractivity contribution in [3.63, 3.8) is 0 Å². The molecule has 1 heterocycles. The molecule has 3 aromatic rings. The standard InChI is InChI=1S/C20H20N2O6/c1-14-5-4-6-15(11-14)26-10-9-21-18(23)13-27-19(24)12-22-16-7-2-3-8-17(16)28-20(22)25/h2-8,11H,9-10,12-13H2,1H3,(H,21,23). The highest BCUT2D eigenvalue weighted by atomic mass is 16.5.